The summed E-state index contributed by atoms with van der Waals surface area (Å²) in [6.07, 6.45) is 3.15. The second kappa shape index (κ2) is 16.1. The van der Waals surface area contributed by atoms with Crippen LogP contribution < -0.4 is 26.0 Å². The number of aromatic hydroxyl groups is 2. The van der Waals surface area contributed by atoms with Crippen molar-refractivity contribution in [3.8, 4) is 11.5 Å². The minimum absolute atomic E-state index is 0.0775. The van der Waals surface area contributed by atoms with Crippen LogP contribution in [0.25, 0.3) is 11.2 Å². The van der Waals surface area contributed by atoms with Gasteiger partial charge in [0.1, 0.15) is 23.7 Å². The van der Waals surface area contributed by atoms with E-state index in [9.17, 15) is 38.7 Å². The number of hydrogen-bond acceptors (Lipinski definition) is 14. The lowest BCUT2D eigenvalue weighted by molar-refractivity contribution is 0.00720. The van der Waals surface area contributed by atoms with Gasteiger partial charge in [-0.3, -0.25) is 4.68 Å². The number of anilines is 3. The number of phenols is 2. The van der Waals surface area contributed by atoms with Crippen LogP contribution in [-0.2, 0) is 16.6 Å². The largest absolute Gasteiger partial charge is 0.508 e. The van der Waals surface area contributed by atoms with Gasteiger partial charge >= 0.3 is 6.03 Å². The summed E-state index contributed by atoms with van der Waals surface area (Å²) in [5.74, 6) is 0.715. The molecule has 1 saturated carbocycles. The second-order valence-electron chi connectivity index (χ2n) is 14.8. The number of aliphatic hydroxyl groups is 3. The Bertz CT molecular complexity index is 2510. The fourth-order valence-corrected chi connectivity index (χ4v) is 8.27. The highest BCUT2D eigenvalue weighted by molar-refractivity contribution is 7.89. The van der Waals surface area contributed by atoms with Gasteiger partial charge in [0.2, 0.25) is 16.0 Å². The van der Waals surface area contributed by atoms with E-state index in [1.807, 2.05) is 29.2 Å². The zero-order valence-corrected chi connectivity index (χ0v) is 32.3. The lowest BCUT2D eigenvalue weighted by Crippen LogP contribution is -2.40. The van der Waals surface area contributed by atoms with Gasteiger partial charge in [0.15, 0.2) is 17.0 Å². The zero-order valence-electron chi connectivity index (χ0n) is 31.4. The lowest BCUT2D eigenvalue weighted by atomic mass is 9.91. The summed E-state index contributed by atoms with van der Waals surface area (Å²) < 4.78 is 26.5. The molecule has 20 heteroatoms. The normalized spacial score (nSPS) is 20.7. The molecule has 2 amide bonds. The van der Waals surface area contributed by atoms with Crippen molar-refractivity contribution in [1.29, 1.82) is 0 Å². The number of urea groups is 1. The predicted molar refractivity (Wildman–Crippen MR) is 215 cm³/mol. The van der Waals surface area contributed by atoms with E-state index < -0.39 is 40.3 Å². The fraction of sp³-hybridized carbons (Fsp3) is 0.308. The first-order valence-electron chi connectivity index (χ1n) is 18.9. The minimum atomic E-state index is -3.88. The van der Waals surface area contributed by atoms with Crippen LogP contribution in [0.1, 0.15) is 47.5 Å². The molecule has 59 heavy (non-hydrogen) atoms. The second-order valence-corrected chi connectivity index (χ2v) is 16.3. The maximum absolute atomic E-state index is 13.0. The molecular formula is C39H43N11O8S. The molecule has 1 saturated heterocycles. The molecule has 19 nitrogen and oxygen atoms in total. The maximum atomic E-state index is 13.0. The number of aliphatic hydroxyl groups excluding tert-OH is 3. The number of nitrogens with zero attached hydrogens (tertiary/aromatic N) is 7. The van der Waals surface area contributed by atoms with Gasteiger partial charge in [-0.2, -0.15) is 15.1 Å². The number of nitrogens with one attached hydrogen (secondary N) is 3. The van der Waals surface area contributed by atoms with Crippen molar-refractivity contribution in [3.63, 3.8) is 0 Å². The summed E-state index contributed by atoms with van der Waals surface area (Å²) in [4.78, 5) is 29.4. The number of benzene rings is 3. The highest BCUT2D eigenvalue weighted by Crippen LogP contribution is 2.40. The van der Waals surface area contributed by atoms with Crippen molar-refractivity contribution in [1.82, 2.24) is 34.6 Å². The molecule has 0 spiro atoms. The Hall–Kier alpha value is -6.32. The molecule has 3 aromatic heterocycles. The van der Waals surface area contributed by atoms with Crippen molar-refractivity contribution >= 4 is 44.7 Å². The number of phenolic OH excluding ortho intramolecular Hbond substituents is 2. The number of sulfonamides is 1. The van der Waals surface area contributed by atoms with E-state index in [2.05, 4.69) is 21.0 Å². The SMILES string of the molecule is NS(=O)(=O)c1ccc(NC(=O)N[C@@H]2CCN(c3nc(NCC(c4ccc(O)cc4)c4ccc(O)cc4)c4ncn([C@@H]5C[C@H](n6cc(CO)cn6)[C@@H](O)[C@H]5O)c4n3)C2)cc1. The summed E-state index contributed by atoms with van der Waals surface area (Å²) in [5.41, 5.74) is 3.54. The number of amides is 2. The van der Waals surface area contributed by atoms with Gasteiger partial charge in [-0.15, -0.1) is 0 Å². The van der Waals surface area contributed by atoms with E-state index in [4.69, 9.17) is 20.1 Å². The van der Waals surface area contributed by atoms with Crippen molar-refractivity contribution < 1.29 is 38.7 Å². The molecule has 5 atom stereocenters. The Morgan fingerprint density at radius 2 is 1.58 bits per heavy atom. The van der Waals surface area contributed by atoms with E-state index in [-0.39, 0.29) is 41.4 Å². The Morgan fingerprint density at radius 3 is 2.20 bits per heavy atom. The van der Waals surface area contributed by atoms with Crippen LogP contribution in [0, 0.1) is 0 Å². The van der Waals surface area contributed by atoms with Crippen LogP contribution in [0.3, 0.4) is 0 Å². The van der Waals surface area contributed by atoms with Crippen LogP contribution >= 0.6 is 0 Å². The molecule has 0 unspecified atom stereocenters. The van der Waals surface area contributed by atoms with Crippen molar-refractivity contribution in [2.45, 2.75) is 60.6 Å². The number of carbonyl (C=O) groups excluding carboxylic acids is 1. The average Bonchev–Trinajstić information content (AvgIpc) is 4.03. The monoisotopic (exact) mass is 825 g/mol. The van der Waals surface area contributed by atoms with Gasteiger partial charge in [-0.25, -0.2) is 23.3 Å². The molecular weight excluding hydrogens is 783 g/mol. The number of rotatable bonds is 12. The Kier molecular flexibility index (Phi) is 10.8. The molecule has 4 heterocycles. The fourth-order valence-electron chi connectivity index (χ4n) is 7.76. The van der Waals surface area contributed by atoms with Crippen LogP contribution in [0.4, 0.5) is 22.2 Å². The summed E-state index contributed by atoms with van der Waals surface area (Å²) >= 11 is 0. The van der Waals surface area contributed by atoms with Gasteiger partial charge < -0.3 is 51.0 Å². The summed E-state index contributed by atoms with van der Waals surface area (Å²) in [5, 5.41) is 70.8. The molecule has 6 aromatic rings. The number of primary sulfonamides is 1. The van der Waals surface area contributed by atoms with E-state index in [0.717, 1.165) is 11.1 Å². The van der Waals surface area contributed by atoms with Gasteiger partial charge in [0.05, 0.1) is 36.1 Å². The maximum Gasteiger partial charge on any atom is 0.319 e. The third-order valence-electron chi connectivity index (χ3n) is 10.9. The van der Waals surface area contributed by atoms with E-state index in [1.165, 1.54) is 30.5 Å². The topological polar surface area (TPSA) is 279 Å². The summed E-state index contributed by atoms with van der Waals surface area (Å²) in [6.45, 7) is 0.928. The molecule has 1 aliphatic heterocycles. The molecule has 3 aromatic carbocycles. The first kappa shape index (κ1) is 39.5. The molecule has 308 valence electrons. The van der Waals surface area contributed by atoms with Crippen LogP contribution in [0.15, 0.2) is 96.4 Å². The zero-order chi connectivity index (χ0) is 41.4. The molecule has 8 rings (SSSR count). The highest BCUT2D eigenvalue weighted by Gasteiger charge is 2.44. The number of aromatic nitrogens is 6. The van der Waals surface area contributed by atoms with Crippen LogP contribution in [0.5, 0.6) is 11.5 Å². The van der Waals surface area contributed by atoms with E-state index in [0.29, 0.717) is 60.2 Å². The standard InChI is InChI=1S/C39H43N11O8S/c40-59(57,58)29-11-5-25(6-12-29)44-39(56)45-26-13-14-48(19-26)38-46-36(41-17-30(23-1-7-27(52)8-2-23)24-3-9-28(53)10-4-24)33-37(47-38)49(21-42-33)31-15-32(35(55)34(31)54)50-18-22(20-51)16-43-50/h1-12,16,18,21,26,30-32,34-35,51-55H,13-15,17,19-20H2,(H2,40,57,58)(H,41,46,47)(H2,44,45,56)/t26-,31-,32+,34+,35-/m1/s1. The predicted octanol–water partition coefficient (Wildman–Crippen LogP) is 2.13. The van der Waals surface area contributed by atoms with E-state index >= 15 is 0 Å². The van der Waals surface area contributed by atoms with Gasteiger partial charge in [0, 0.05) is 49.0 Å². The lowest BCUT2D eigenvalue weighted by Gasteiger charge is -2.22. The highest BCUT2D eigenvalue weighted by atomic mass is 32.2. The van der Waals surface area contributed by atoms with Crippen LogP contribution in [-0.4, -0.2) is 107 Å². The number of nitrogens with two attached hydrogens (primary N) is 1. The quantitative estimate of drug-likeness (QED) is 0.0856. The number of carbonyl (C=O) groups is 1. The third-order valence-corrected chi connectivity index (χ3v) is 11.8. The smallest absolute Gasteiger partial charge is 0.319 e. The first-order valence-corrected chi connectivity index (χ1v) is 20.4. The van der Waals surface area contributed by atoms with Gasteiger partial charge in [0.25, 0.3) is 0 Å². The van der Waals surface area contributed by atoms with Crippen molar-refractivity contribution in [2.24, 2.45) is 5.14 Å². The molecule has 2 fully saturated rings. The molecule has 1 aliphatic carbocycles. The Morgan fingerprint density at radius 1 is 0.915 bits per heavy atom. The van der Waals surface area contributed by atoms with Gasteiger partial charge in [-0.1, -0.05) is 24.3 Å². The number of imidazole rings is 1. The molecule has 2 aliphatic rings. The summed E-state index contributed by atoms with van der Waals surface area (Å²) in [7, 11) is -3.88. The van der Waals surface area contributed by atoms with E-state index in [1.54, 1.807) is 46.0 Å². The molecule has 10 N–H and O–H groups in total. The molecule has 0 radical (unpaired) electrons. The first-order chi connectivity index (χ1) is 28.3. The van der Waals surface area contributed by atoms with Crippen LogP contribution in [0.2, 0.25) is 0 Å². The Balaban J connectivity index is 1.08. The number of hydrogen-bond donors (Lipinski definition) is 9. The average molecular weight is 826 g/mol. The third kappa shape index (κ3) is 8.34. The number of fused-ring (bicyclic) bond motifs is 1. The van der Waals surface area contributed by atoms with Crippen molar-refractivity contribution in [2.75, 3.05) is 35.2 Å². The molecule has 0 bridgehead atoms. The van der Waals surface area contributed by atoms with Gasteiger partial charge in [-0.05, 0) is 72.5 Å². The minimum Gasteiger partial charge on any atom is -0.508 e. The van der Waals surface area contributed by atoms with Crippen molar-refractivity contribution in [3.05, 3.63) is 108 Å². The Labute approximate surface area is 337 Å². The summed E-state index contributed by atoms with van der Waals surface area (Å²) in [6, 6.07) is 17.2.